The van der Waals surface area contributed by atoms with Gasteiger partial charge in [-0.05, 0) is 30.5 Å². The second-order valence-corrected chi connectivity index (χ2v) is 5.61. The zero-order chi connectivity index (χ0) is 14.1. The molecule has 20 heavy (non-hydrogen) atoms. The Morgan fingerprint density at radius 3 is 2.65 bits per heavy atom. The van der Waals surface area contributed by atoms with Crippen molar-refractivity contribution in [2.75, 3.05) is 17.2 Å². The van der Waals surface area contributed by atoms with E-state index in [4.69, 9.17) is 28.9 Å². The fourth-order valence-electron chi connectivity index (χ4n) is 2.63. The predicted octanol–water partition coefficient (Wildman–Crippen LogP) is 3.71. The monoisotopic (exact) mass is 308 g/mol. The highest BCUT2D eigenvalue weighted by atomic mass is 35.5. The Morgan fingerprint density at radius 2 is 1.90 bits per heavy atom. The molecule has 1 aromatic heterocycles. The highest BCUT2D eigenvalue weighted by Crippen LogP contribution is 2.39. The molecule has 1 aliphatic heterocycles. The summed E-state index contributed by atoms with van der Waals surface area (Å²) >= 11 is 12.2. The Morgan fingerprint density at radius 1 is 1.15 bits per heavy atom. The molecule has 2 aromatic rings. The first-order valence-electron chi connectivity index (χ1n) is 6.45. The molecule has 0 spiro atoms. The summed E-state index contributed by atoms with van der Waals surface area (Å²) in [5, 5.41) is 1.16. The van der Waals surface area contributed by atoms with Gasteiger partial charge in [-0.2, -0.15) is 0 Å². The number of hydrogen-bond donors (Lipinski definition) is 1. The molecule has 2 N–H and O–H groups in total. The quantitative estimate of drug-likeness (QED) is 0.919. The topological polar surface area (TPSA) is 55.0 Å². The van der Waals surface area contributed by atoms with Crippen LogP contribution in [0.4, 0.5) is 11.6 Å². The van der Waals surface area contributed by atoms with Crippen LogP contribution < -0.4 is 10.6 Å². The standard InChI is InChI=1S/C14H14Cl2N4/c15-10-5-3-9(4-6-10)11-2-1-7-20(11)14-12(16)13(17)18-8-19-14/h3-6,8,11H,1-2,7H2,(H2,17,18,19). The predicted molar refractivity (Wildman–Crippen MR) is 82.2 cm³/mol. The van der Waals surface area contributed by atoms with Crippen LogP contribution >= 0.6 is 23.2 Å². The van der Waals surface area contributed by atoms with Crippen molar-refractivity contribution in [3.8, 4) is 0 Å². The van der Waals surface area contributed by atoms with Crippen LogP contribution in [0.5, 0.6) is 0 Å². The molecule has 4 nitrogen and oxygen atoms in total. The largest absolute Gasteiger partial charge is 0.382 e. The zero-order valence-corrected chi connectivity index (χ0v) is 12.3. The molecule has 1 aliphatic rings. The van der Waals surface area contributed by atoms with Gasteiger partial charge in [-0.1, -0.05) is 35.3 Å². The van der Waals surface area contributed by atoms with Gasteiger partial charge in [0.15, 0.2) is 5.82 Å². The lowest BCUT2D eigenvalue weighted by Crippen LogP contribution is -2.24. The average molecular weight is 309 g/mol. The maximum atomic E-state index is 6.24. The molecule has 2 heterocycles. The fraction of sp³-hybridized carbons (Fsp3) is 0.286. The van der Waals surface area contributed by atoms with Crippen molar-refractivity contribution in [2.24, 2.45) is 0 Å². The minimum absolute atomic E-state index is 0.249. The van der Waals surface area contributed by atoms with Crippen LogP contribution in [0.15, 0.2) is 30.6 Å². The van der Waals surface area contributed by atoms with Crippen molar-refractivity contribution < 1.29 is 0 Å². The van der Waals surface area contributed by atoms with Crippen molar-refractivity contribution in [3.63, 3.8) is 0 Å². The van der Waals surface area contributed by atoms with Gasteiger partial charge in [0.25, 0.3) is 0 Å². The summed E-state index contributed by atoms with van der Waals surface area (Å²) in [5.41, 5.74) is 6.97. The molecule has 0 bridgehead atoms. The smallest absolute Gasteiger partial charge is 0.153 e. The Labute approximate surface area is 127 Å². The molecule has 1 saturated heterocycles. The number of nitrogens with two attached hydrogens (primary N) is 1. The van der Waals surface area contributed by atoms with E-state index in [-0.39, 0.29) is 6.04 Å². The van der Waals surface area contributed by atoms with E-state index >= 15 is 0 Å². The van der Waals surface area contributed by atoms with Gasteiger partial charge in [-0.15, -0.1) is 0 Å². The van der Waals surface area contributed by atoms with Gasteiger partial charge < -0.3 is 10.6 Å². The third-order valence-corrected chi connectivity index (χ3v) is 4.19. The number of halogens is 2. The number of hydrogen-bond acceptors (Lipinski definition) is 4. The van der Waals surface area contributed by atoms with Crippen molar-refractivity contribution >= 4 is 34.8 Å². The van der Waals surface area contributed by atoms with E-state index in [2.05, 4.69) is 14.9 Å². The Hall–Kier alpha value is -1.52. The van der Waals surface area contributed by atoms with Gasteiger partial charge in [-0.25, -0.2) is 9.97 Å². The lowest BCUT2D eigenvalue weighted by molar-refractivity contribution is 0.711. The molecular weight excluding hydrogens is 295 g/mol. The lowest BCUT2D eigenvalue weighted by Gasteiger charge is -2.27. The summed E-state index contributed by atoms with van der Waals surface area (Å²) in [6.45, 7) is 0.906. The second kappa shape index (κ2) is 5.46. The first-order valence-corrected chi connectivity index (χ1v) is 7.20. The molecule has 0 saturated carbocycles. The van der Waals surface area contributed by atoms with Crippen molar-refractivity contribution in [1.82, 2.24) is 9.97 Å². The van der Waals surface area contributed by atoms with Crippen LogP contribution in [-0.2, 0) is 0 Å². The summed E-state index contributed by atoms with van der Waals surface area (Å²) in [7, 11) is 0. The third-order valence-electron chi connectivity index (χ3n) is 3.58. The first-order chi connectivity index (χ1) is 9.66. The van der Waals surface area contributed by atoms with Crippen LogP contribution in [0.1, 0.15) is 24.4 Å². The Bertz CT molecular complexity index is 615. The number of aromatic nitrogens is 2. The molecule has 1 atom stereocenters. The van der Waals surface area contributed by atoms with Crippen LogP contribution in [0.2, 0.25) is 10.0 Å². The molecule has 0 aliphatic carbocycles. The highest BCUT2D eigenvalue weighted by Gasteiger charge is 2.29. The summed E-state index contributed by atoms with van der Waals surface area (Å²) in [6, 6.07) is 8.15. The van der Waals surface area contributed by atoms with Gasteiger partial charge in [0.2, 0.25) is 0 Å². The number of anilines is 2. The van der Waals surface area contributed by atoms with E-state index < -0.39 is 0 Å². The minimum Gasteiger partial charge on any atom is -0.382 e. The molecule has 3 rings (SSSR count). The maximum absolute atomic E-state index is 6.24. The molecule has 0 amide bonds. The maximum Gasteiger partial charge on any atom is 0.153 e. The molecule has 6 heteroatoms. The number of rotatable bonds is 2. The minimum atomic E-state index is 0.249. The zero-order valence-electron chi connectivity index (χ0n) is 10.8. The number of nitrogens with zero attached hydrogens (tertiary/aromatic N) is 3. The Kier molecular flexibility index (Phi) is 3.68. The summed E-state index contributed by atoms with van der Waals surface area (Å²) in [6.07, 6.45) is 3.60. The first kappa shape index (κ1) is 13.5. The van der Waals surface area contributed by atoms with E-state index in [1.807, 2.05) is 24.3 Å². The molecule has 104 valence electrons. The van der Waals surface area contributed by atoms with Crippen LogP contribution in [0.3, 0.4) is 0 Å². The molecule has 1 aromatic carbocycles. The van der Waals surface area contributed by atoms with E-state index in [1.54, 1.807) is 0 Å². The Balaban J connectivity index is 1.96. The third kappa shape index (κ3) is 2.41. The summed E-state index contributed by atoms with van der Waals surface area (Å²) in [4.78, 5) is 10.4. The van der Waals surface area contributed by atoms with Gasteiger partial charge in [-0.3, -0.25) is 0 Å². The highest BCUT2D eigenvalue weighted by molar-refractivity contribution is 6.35. The summed E-state index contributed by atoms with van der Waals surface area (Å²) in [5.74, 6) is 1.02. The van der Waals surface area contributed by atoms with Crippen LogP contribution in [0, 0.1) is 0 Å². The van der Waals surface area contributed by atoms with Crippen molar-refractivity contribution in [2.45, 2.75) is 18.9 Å². The van der Waals surface area contributed by atoms with Gasteiger partial charge in [0.1, 0.15) is 17.2 Å². The van der Waals surface area contributed by atoms with E-state index in [1.165, 1.54) is 11.9 Å². The van der Waals surface area contributed by atoms with E-state index in [0.717, 1.165) is 24.4 Å². The average Bonchev–Trinajstić information content (AvgIpc) is 2.92. The number of nitrogen functional groups attached to an aromatic ring is 1. The van der Waals surface area contributed by atoms with E-state index in [0.29, 0.717) is 16.7 Å². The number of benzene rings is 1. The van der Waals surface area contributed by atoms with Crippen LogP contribution in [0.25, 0.3) is 0 Å². The second-order valence-electron chi connectivity index (χ2n) is 4.80. The molecular formula is C14H14Cl2N4. The van der Waals surface area contributed by atoms with Crippen molar-refractivity contribution in [3.05, 3.63) is 46.2 Å². The van der Waals surface area contributed by atoms with Gasteiger partial charge in [0, 0.05) is 11.6 Å². The fourth-order valence-corrected chi connectivity index (χ4v) is 2.96. The van der Waals surface area contributed by atoms with E-state index in [9.17, 15) is 0 Å². The van der Waals surface area contributed by atoms with Crippen LogP contribution in [-0.4, -0.2) is 16.5 Å². The molecule has 1 fully saturated rings. The lowest BCUT2D eigenvalue weighted by atomic mass is 10.0. The van der Waals surface area contributed by atoms with Gasteiger partial charge in [0.05, 0.1) is 6.04 Å². The summed E-state index contributed by atoms with van der Waals surface area (Å²) < 4.78 is 0. The van der Waals surface area contributed by atoms with Crippen molar-refractivity contribution in [1.29, 1.82) is 0 Å². The molecule has 0 radical (unpaired) electrons. The normalized spacial score (nSPS) is 18.5. The molecule has 1 unspecified atom stereocenters. The van der Waals surface area contributed by atoms with Gasteiger partial charge >= 0.3 is 0 Å². The SMILES string of the molecule is Nc1ncnc(N2CCCC2c2ccc(Cl)cc2)c1Cl.